The molecule has 9 aliphatic rings. The molecule has 600 valence electrons. The lowest BCUT2D eigenvalue weighted by atomic mass is 9.87. The van der Waals surface area contributed by atoms with Gasteiger partial charge in [-0.3, -0.25) is 44.9 Å². The third-order valence-electron chi connectivity index (χ3n) is 23.1. The Hall–Kier alpha value is -13.0. The lowest BCUT2D eigenvalue weighted by Gasteiger charge is -2.56. The Morgan fingerprint density at radius 2 is 0.706 bits per heavy atom. The second-order valence-corrected chi connectivity index (χ2v) is 32.7. The Morgan fingerprint density at radius 1 is 0.345 bits per heavy atom. The largest absolute Gasteiger partial charge is 0.353 e. The van der Waals surface area contributed by atoms with Gasteiger partial charge in [-0.2, -0.15) is 30.6 Å². The second kappa shape index (κ2) is 32.8. The van der Waals surface area contributed by atoms with Crippen molar-refractivity contribution in [2.75, 3.05) is 54.0 Å². The maximum absolute atomic E-state index is 5.99. The number of hydrogen-bond donors (Lipinski definition) is 3. The number of nitrogens with zero attached hydrogens (tertiary/aromatic N) is 27. The first-order valence-electron chi connectivity index (χ1n) is 40.6. The molecule has 6 bridgehead atoms. The van der Waals surface area contributed by atoms with Crippen LogP contribution in [0.1, 0.15) is 110 Å². The summed E-state index contributed by atoms with van der Waals surface area (Å²) in [4.78, 5) is 71.9. The normalized spacial score (nSPS) is 18.7. The van der Waals surface area contributed by atoms with E-state index in [1.807, 2.05) is 162 Å². The Labute approximate surface area is 693 Å². The smallest absolute Gasteiger partial charge is 0.161 e. The summed E-state index contributed by atoms with van der Waals surface area (Å²) >= 11 is 5.99. The molecule has 24 heterocycles. The van der Waals surface area contributed by atoms with Crippen LogP contribution in [0.15, 0.2) is 190 Å². The Bertz CT molecular complexity index is 5740. The minimum atomic E-state index is 0.500. The Balaban J connectivity index is 0.000000118. The number of H-pyrrole nitrogens is 3. The van der Waals surface area contributed by atoms with E-state index >= 15 is 0 Å². The van der Waals surface area contributed by atoms with Crippen LogP contribution >= 0.6 is 11.6 Å². The number of anilines is 3. The molecule has 0 amide bonds. The first-order chi connectivity index (χ1) is 58.0. The van der Waals surface area contributed by atoms with Gasteiger partial charge in [0.15, 0.2) is 17.5 Å². The Morgan fingerprint density at radius 3 is 0.992 bits per heavy atom. The Kier molecular flexibility index (Phi) is 20.9. The summed E-state index contributed by atoms with van der Waals surface area (Å²) in [5.74, 6) is 5.12. The number of nitrogens with one attached hydrogen (secondary N) is 3. The van der Waals surface area contributed by atoms with Gasteiger partial charge in [0.05, 0.1) is 104 Å². The van der Waals surface area contributed by atoms with Crippen molar-refractivity contribution < 1.29 is 0 Å². The van der Waals surface area contributed by atoms with Crippen molar-refractivity contribution in [3.63, 3.8) is 0 Å². The van der Waals surface area contributed by atoms with Crippen LogP contribution in [-0.2, 0) is 38.9 Å². The van der Waals surface area contributed by atoms with Gasteiger partial charge in [0.1, 0.15) is 17.5 Å². The molecule has 30 nitrogen and oxygen atoms in total. The molecule has 0 aromatic carbocycles. The van der Waals surface area contributed by atoms with Crippen molar-refractivity contribution in [1.82, 2.24) is 134 Å². The number of hydrogen-bond acceptors (Lipinski definition) is 24. The lowest BCUT2D eigenvalue weighted by Crippen LogP contribution is -2.68. The van der Waals surface area contributed by atoms with Crippen molar-refractivity contribution in [2.24, 2.45) is 0 Å². The van der Waals surface area contributed by atoms with Gasteiger partial charge in [-0.05, 0) is 189 Å². The van der Waals surface area contributed by atoms with Crippen LogP contribution in [0.4, 0.5) is 17.5 Å². The summed E-state index contributed by atoms with van der Waals surface area (Å²) in [5, 5.41) is 35.5. The van der Waals surface area contributed by atoms with Crippen LogP contribution < -0.4 is 14.7 Å². The minimum Gasteiger partial charge on any atom is -0.353 e. The van der Waals surface area contributed by atoms with Gasteiger partial charge < -0.3 is 14.7 Å². The summed E-state index contributed by atoms with van der Waals surface area (Å²) in [6.07, 6.45) is 28.0. The molecule has 119 heavy (non-hydrogen) atoms. The molecule has 6 unspecified atom stereocenters. The number of pyridine rings is 6. The fourth-order valence-electron chi connectivity index (χ4n) is 17.2. The molecule has 0 aliphatic carbocycles. The standard InChI is InChI=1S/C30H32N10.C29H29ClN10.C29H30N10/c1-19-12-33-40(15-19)26-6-5-23(31-14-26)16-39-27-11-28(39)18-38(17-27)29-7-4-22(13-32-29)30-34-20(2)8-24(35-30)10-25-9-21(3)36-37-25;1-18-7-23(9-24-8-19(2)36-37-24)35-29(34-18)20-3-6-28(32-11-20)38-16-26-10-27(17-38)39(26)15-22-4-5-25(13-31-22)40-14-21(30)12-33-40;1-19-10-23(12-24-11-20(2)35-36-24)34-29(33-19)21-4-7-28(31-14-21)37-17-26-13-27(18-37)38(26)16-22-5-6-25(15-30-22)39-9-3-8-32-39/h4-9,12-15,27-28H,10-11,16-18H2,1-3H3,(H,36,37);3-8,11-14,26-27H,9-10,15-17H2,1-2H3,(H,36,37);3-11,14-15,26-27H,12-13,16-18H2,1-2H3,(H,35,36). The van der Waals surface area contributed by atoms with E-state index in [9.17, 15) is 0 Å². The zero-order chi connectivity index (χ0) is 80.8. The van der Waals surface area contributed by atoms with Gasteiger partial charge in [0.25, 0.3) is 0 Å². The second-order valence-electron chi connectivity index (χ2n) is 32.2. The van der Waals surface area contributed by atoms with Gasteiger partial charge in [-0.25, -0.2) is 58.9 Å². The molecular formula is C88H91ClN30. The van der Waals surface area contributed by atoms with Crippen LogP contribution in [0.2, 0.25) is 5.02 Å². The zero-order valence-electron chi connectivity index (χ0n) is 67.4. The van der Waals surface area contributed by atoms with Crippen molar-refractivity contribution >= 4 is 29.1 Å². The number of aryl methyl sites for hydroxylation is 7. The quantitative estimate of drug-likeness (QED) is 0.0602. The highest BCUT2D eigenvalue weighted by atomic mass is 35.5. The van der Waals surface area contributed by atoms with Crippen molar-refractivity contribution in [1.29, 1.82) is 0 Å². The number of fused-ring (bicyclic) bond motifs is 6. The van der Waals surface area contributed by atoms with Crippen molar-refractivity contribution in [2.45, 2.75) is 143 Å². The monoisotopic (exact) mass is 1600 g/mol. The van der Waals surface area contributed by atoms with Gasteiger partial charge in [-0.1, -0.05) is 11.6 Å². The molecule has 3 N–H and O–H groups in total. The predicted molar refractivity (Wildman–Crippen MR) is 452 cm³/mol. The van der Waals surface area contributed by atoms with E-state index in [1.165, 1.54) is 19.3 Å². The van der Waals surface area contributed by atoms with Gasteiger partial charge >= 0.3 is 0 Å². The van der Waals surface area contributed by atoms with E-state index < -0.39 is 0 Å². The third-order valence-corrected chi connectivity index (χ3v) is 23.3. The fraction of sp³-hybridized carbons (Fsp3) is 0.318. The van der Waals surface area contributed by atoms with Crippen molar-refractivity contribution in [3.05, 3.63) is 286 Å². The maximum Gasteiger partial charge on any atom is 0.161 e. The summed E-state index contributed by atoms with van der Waals surface area (Å²) in [7, 11) is 0. The number of rotatable bonds is 21. The van der Waals surface area contributed by atoms with E-state index in [4.69, 9.17) is 51.5 Å². The fourth-order valence-corrected chi connectivity index (χ4v) is 17.4. The average molecular weight is 1600 g/mol. The van der Waals surface area contributed by atoms with Crippen LogP contribution in [-0.4, -0.2) is 210 Å². The molecule has 9 aliphatic heterocycles. The highest BCUT2D eigenvalue weighted by Gasteiger charge is 2.47. The molecular weight excluding hydrogens is 1510 g/mol. The SMILES string of the molecule is Cc1cc(Cc2cc(C)[nH]n2)nc(-c2ccc(N3CC4CC(C3)N4Cc3ccc(-n4cc(Cl)cn4)cn3)nc2)n1.Cc1cc(Cc2cc(C)[nH]n2)nc(-c2ccc(N3CC4CC(C3)N4Cc3ccc(-n4cccn4)cn3)nc2)n1.Cc1cnn(-c2ccc(CN3C4CC3CN(c3ccc(-c5nc(C)cc(Cc6cc(C)[nH]n6)n5)cn3)C4)nc2)c1. The molecule has 31 heteroatoms. The minimum absolute atomic E-state index is 0.500. The van der Waals surface area contributed by atoms with Crippen molar-refractivity contribution in [3.8, 4) is 51.2 Å². The highest BCUT2D eigenvalue weighted by Crippen LogP contribution is 2.39. The average Bonchev–Trinajstić information content (AvgIpc) is 1.45. The van der Waals surface area contributed by atoms with E-state index in [0.29, 0.717) is 78.0 Å². The van der Waals surface area contributed by atoms with E-state index in [-0.39, 0.29) is 0 Å². The van der Waals surface area contributed by atoms with Crippen LogP contribution in [0.25, 0.3) is 51.2 Å². The van der Waals surface area contributed by atoms with Crippen LogP contribution in [0, 0.1) is 48.5 Å². The summed E-state index contributed by atoms with van der Waals surface area (Å²) in [6.45, 7) is 22.5. The summed E-state index contributed by atoms with van der Waals surface area (Å²) in [6, 6.07) is 42.3. The zero-order valence-corrected chi connectivity index (χ0v) is 68.2. The molecule has 0 spiro atoms. The number of piperidine rings is 3. The van der Waals surface area contributed by atoms with Gasteiger partial charge in [-0.15, -0.1) is 0 Å². The topological polar surface area (TPSA) is 314 Å². The van der Waals surface area contributed by atoms with Gasteiger partial charge in [0, 0.05) is 209 Å². The predicted octanol–water partition coefficient (Wildman–Crippen LogP) is 11.5. The molecule has 9 saturated heterocycles. The molecule has 24 rings (SSSR count). The summed E-state index contributed by atoms with van der Waals surface area (Å²) in [5.41, 5.74) is 21.8. The van der Waals surface area contributed by atoms with Crippen LogP contribution in [0.5, 0.6) is 0 Å². The lowest BCUT2D eigenvalue weighted by molar-refractivity contribution is -0.00969. The van der Waals surface area contributed by atoms with E-state index in [0.717, 1.165) is 201 Å². The third kappa shape index (κ3) is 17.1. The molecule has 0 radical (unpaired) electrons. The molecule has 15 aromatic rings. The van der Waals surface area contributed by atoms with Gasteiger partial charge in [0.2, 0.25) is 0 Å². The first-order valence-corrected chi connectivity index (χ1v) is 40.9. The van der Waals surface area contributed by atoms with Crippen LogP contribution in [0.3, 0.4) is 0 Å². The molecule has 6 atom stereocenters. The van der Waals surface area contributed by atoms with E-state index in [2.05, 4.69) is 162 Å². The summed E-state index contributed by atoms with van der Waals surface area (Å²) < 4.78 is 5.43. The number of piperazine rings is 3. The molecule has 0 saturated carbocycles. The number of halogens is 1. The maximum atomic E-state index is 5.99. The number of aromatic nitrogens is 24. The van der Waals surface area contributed by atoms with E-state index in [1.54, 1.807) is 23.3 Å². The first kappa shape index (κ1) is 76.0. The molecule has 15 aromatic heterocycles. The highest BCUT2D eigenvalue weighted by molar-refractivity contribution is 6.30. The number of aromatic amines is 3. The molecule has 9 fully saturated rings.